The number of pyridine rings is 2. The van der Waals surface area contributed by atoms with E-state index in [1.807, 2.05) is 54.9 Å². The average Bonchev–Trinajstić information content (AvgIpc) is 3.61. The summed E-state index contributed by atoms with van der Waals surface area (Å²) < 4.78 is 1.94. The minimum atomic E-state index is -0.0553. The summed E-state index contributed by atoms with van der Waals surface area (Å²) in [4.78, 5) is 33.0. The van der Waals surface area contributed by atoms with Crippen LogP contribution in [0.5, 0.6) is 0 Å². The summed E-state index contributed by atoms with van der Waals surface area (Å²) in [5, 5.41) is 11.4. The Morgan fingerprint density at radius 1 is 1.11 bits per heavy atom. The molecular weight excluding hydrogens is 442 g/mol. The molecule has 0 aliphatic heterocycles. The minimum Gasteiger partial charge on any atom is -0.333 e. The molecular formula is C25H21N9O. The van der Waals surface area contributed by atoms with E-state index < -0.39 is 0 Å². The van der Waals surface area contributed by atoms with Crippen molar-refractivity contribution >= 4 is 33.7 Å². The van der Waals surface area contributed by atoms with Crippen molar-refractivity contribution in [3.8, 4) is 28.3 Å². The van der Waals surface area contributed by atoms with Crippen LogP contribution in [0, 0.1) is 6.92 Å². The zero-order chi connectivity index (χ0) is 23.9. The second-order valence-electron chi connectivity index (χ2n) is 8.23. The Morgan fingerprint density at radius 2 is 2.03 bits per heavy atom. The Hall–Kier alpha value is -4.86. The average molecular weight is 464 g/mol. The van der Waals surface area contributed by atoms with Gasteiger partial charge < -0.3 is 14.9 Å². The number of aromatic nitrogens is 8. The number of benzene rings is 1. The van der Waals surface area contributed by atoms with Crippen LogP contribution in [0.4, 0.5) is 5.69 Å². The first kappa shape index (κ1) is 20.7. The lowest BCUT2D eigenvalue weighted by atomic mass is 10.0. The third-order valence-electron chi connectivity index (χ3n) is 5.82. The van der Waals surface area contributed by atoms with E-state index in [1.54, 1.807) is 24.9 Å². The van der Waals surface area contributed by atoms with E-state index in [9.17, 15) is 4.79 Å². The van der Waals surface area contributed by atoms with Gasteiger partial charge in [0.15, 0.2) is 11.5 Å². The molecule has 172 valence electrons. The highest BCUT2D eigenvalue weighted by atomic mass is 16.1. The van der Waals surface area contributed by atoms with E-state index in [-0.39, 0.29) is 5.91 Å². The fourth-order valence-corrected chi connectivity index (χ4v) is 4.07. The predicted molar refractivity (Wildman–Crippen MR) is 133 cm³/mol. The van der Waals surface area contributed by atoms with Gasteiger partial charge >= 0.3 is 0 Å². The first-order chi connectivity index (χ1) is 17.1. The van der Waals surface area contributed by atoms with E-state index in [2.05, 4.69) is 35.5 Å². The van der Waals surface area contributed by atoms with Crippen LogP contribution < -0.4 is 5.32 Å². The maximum absolute atomic E-state index is 11.8. The highest BCUT2D eigenvalue weighted by molar-refractivity contribution is 5.96. The Labute approximate surface area is 199 Å². The fraction of sp³-hybridized carbons (Fsp3) is 0.120. The number of nitrogens with zero attached hydrogens (tertiary/aromatic N) is 6. The van der Waals surface area contributed by atoms with E-state index in [0.29, 0.717) is 29.3 Å². The SMILES string of the molecule is CCC(=O)Nc1cncc(-c2ccc3[nH]nc(-c4nc5nccc(-n6cnc(C)c6)c5[nH]4)c3c2)c1. The summed E-state index contributed by atoms with van der Waals surface area (Å²) in [6.45, 7) is 3.76. The van der Waals surface area contributed by atoms with Gasteiger partial charge in [0.2, 0.25) is 5.91 Å². The molecule has 0 fully saturated rings. The number of nitrogens with one attached hydrogen (secondary N) is 3. The molecule has 0 radical (unpaired) electrons. The van der Waals surface area contributed by atoms with Crippen molar-refractivity contribution in [1.29, 1.82) is 0 Å². The number of imidazole rings is 2. The summed E-state index contributed by atoms with van der Waals surface area (Å²) in [6, 6.07) is 9.83. The highest BCUT2D eigenvalue weighted by Gasteiger charge is 2.16. The van der Waals surface area contributed by atoms with Gasteiger partial charge in [0, 0.05) is 36.0 Å². The van der Waals surface area contributed by atoms with Gasteiger partial charge in [-0.1, -0.05) is 13.0 Å². The number of fused-ring (bicyclic) bond motifs is 2. The molecule has 0 saturated heterocycles. The Kier molecular flexibility index (Phi) is 4.84. The van der Waals surface area contributed by atoms with E-state index in [1.165, 1.54) is 0 Å². The number of carbonyl (C=O) groups is 1. The Balaban J connectivity index is 1.43. The fourth-order valence-electron chi connectivity index (χ4n) is 4.07. The van der Waals surface area contributed by atoms with Crippen LogP contribution in [-0.4, -0.2) is 45.6 Å². The van der Waals surface area contributed by atoms with E-state index >= 15 is 0 Å². The molecule has 0 spiro atoms. The van der Waals surface area contributed by atoms with Crippen LogP contribution in [0.15, 0.2) is 61.4 Å². The molecule has 1 aromatic carbocycles. The monoisotopic (exact) mass is 463 g/mol. The molecule has 0 atom stereocenters. The van der Waals surface area contributed by atoms with Crippen LogP contribution >= 0.6 is 0 Å². The number of carbonyl (C=O) groups excluding carboxylic acids is 1. The number of aromatic amines is 2. The van der Waals surface area contributed by atoms with Crippen LogP contribution in [0.2, 0.25) is 0 Å². The van der Waals surface area contributed by atoms with Crippen LogP contribution in [-0.2, 0) is 4.79 Å². The van der Waals surface area contributed by atoms with Crippen LogP contribution in [0.25, 0.3) is 50.4 Å². The molecule has 3 N–H and O–H groups in total. The molecule has 0 bridgehead atoms. The smallest absolute Gasteiger partial charge is 0.224 e. The van der Waals surface area contributed by atoms with Gasteiger partial charge in [-0.25, -0.2) is 15.0 Å². The number of H-pyrrole nitrogens is 2. The molecule has 0 aliphatic carbocycles. The van der Waals surface area contributed by atoms with Crippen molar-refractivity contribution in [3.63, 3.8) is 0 Å². The van der Waals surface area contributed by atoms with Gasteiger partial charge in [-0.15, -0.1) is 0 Å². The van der Waals surface area contributed by atoms with Crippen molar-refractivity contribution in [2.75, 3.05) is 5.32 Å². The summed E-state index contributed by atoms with van der Waals surface area (Å²) in [7, 11) is 0. The zero-order valence-corrected chi connectivity index (χ0v) is 19.1. The number of aryl methyl sites for hydroxylation is 1. The normalized spacial score (nSPS) is 11.4. The maximum Gasteiger partial charge on any atom is 0.224 e. The molecule has 0 aliphatic rings. The van der Waals surface area contributed by atoms with E-state index in [0.717, 1.165) is 38.9 Å². The molecule has 5 aromatic heterocycles. The zero-order valence-electron chi connectivity index (χ0n) is 19.1. The molecule has 10 heteroatoms. The van der Waals surface area contributed by atoms with Crippen molar-refractivity contribution < 1.29 is 4.79 Å². The molecule has 35 heavy (non-hydrogen) atoms. The van der Waals surface area contributed by atoms with Gasteiger partial charge in [0.05, 0.1) is 35.1 Å². The molecule has 6 rings (SSSR count). The predicted octanol–water partition coefficient (Wildman–Crippen LogP) is 4.41. The first-order valence-corrected chi connectivity index (χ1v) is 11.2. The lowest BCUT2D eigenvalue weighted by Crippen LogP contribution is -2.09. The molecule has 0 saturated carbocycles. The summed E-state index contributed by atoms with van der Waals surface area (Å²) >= 11 is 0. The number of hydrogen-bond acceptors (Lipinski definition) is 6. The van der Waals surface area contributed by atoms with Crippen LogP contribution in [0.3, 0.4) is 0 Å². The Morgan fingerprint density at radius 3 is 2.86 bits per heavy atom. The van der Waals surface area contributed by atoms with Gasteiger partial charge in [-0.05, 0) is 36.8 Å². The topological polar surface area (TPSA) is 130 Å². The quantitative estimate of drug-likeness (QED) is 0.347. The van der Waals surface area contributed by atoms with Crippen molar-refractivity contribution in [1.82, 2.24) is 39.7 Å². The lowest BCUT2D eigenvalue weighted by molar-refractivity contribution is -0.115. The second-order valence-corrected chi connectivity index (χ2v) is 8.23. The van der Waals surface area contributed by atoms with Gasteiger partial charge in [-0.2, -0.15) is 5.10 Å². The number of amides is 1. The largest absolute Gasteiger partial charge is 0.333 e. The molecule has 1 amide bonds. The summed E-state index contributed by atoms with van der Waals surface area (Å²) in [5.74, 6) is 0.558. The van der Waals surface area contributed by atoms with Gasteiger partial charge in [0.1, 0.15) is 11.2 Å². The van der Waals surface area contributed by atoms with Gasteiger partial charge in [-0.3, -0.25) is 14.9 Å². The minimum absolute atomic E-state index is 0.0553. The molecule has 0 unspecified atom stereocenters. The summed E-state index contributed by atoms with van der Waals surface area (Å²) in [5.41, 5.74) is 7.30. The third-order valence-corrected chi connectivity index (χ3v) is 5.82. The van der Waals surface area contributed by atoms with Crippen LogP contribution in [0.1, 0.15) is 19.0 Å². The second kappa shape index (κ2) is 8.17. The first-order valence-electron chi connectivity index (χ1n) is 11.2. The van der Waals surface area contributed by atoms with E-state index in [4.69, 9.17) is 4.98 Å². The van der Waals surface area contributed by atoms with Crippen molar-refractivity contribution in [2.24, 2.45) is 0 Å². The molecule has 5 heterocycles. The Bertz CT molecular complexity index is 1710. The van der Waals surface area contributed by atoms with Crippen molar-refractivity contribution in [3.05, 3.63) is 67.1 Å². The maximum atomic E-state index is 11.8. The van der Waals surface area contributed by atoms with Gasteiger partial charge in [0.25, 0.3) is 0 Å². The standard InChI is InChI=1S/C25H21N9O/c1-3-21(35)29-17-8-16(10-26-11-17)15-4-5-19-18(9-15)22(33-32-19)25-30-23-20(6-7-27-24(23)31-25)34-12-14(2)28-13-34/h4-13H,3H2,1-2H3,(H,29,35)(H,32,33)(H,27,30,31). The molecule has 10 nitrogen and oxygen atoms in total. The summed E-state index contributed by atoms with van der Waals surface area (Å²) in [6.07, 6.45) is 9.27. The number of rotatable bonds is 5. The number of hydrogen-bond donors (Lipinski definition) is 3. The third kappa shape index (κ3) is 3.70. The highest BCUT2D eigenvalue weighted by Crippen LogP contribution is 2.31. The lowest BCUT2D eigenvalue weighted by Gasteiger charge is -2.06. The molecule has 6 aromatic rings. The van der Waals surface area contributed by atoms with Crippen molar-refractivity contribution in [2.45, 2.75) is 20.3 Å². The number of anilines is 1.